The number of para-hydroxylation sites is 1. The molecule has 8 heteroatoms. The molecule has 0 spiro atoms. The van der Waals surface area contributed by atoms with Gasteiger partial charge in [-0.15, -0.1) is 0 Å². The number of rotatable bonds is 6. The maximum Gasteiger partial charge on any atom is 0.280 e. The zero-order chi connectivity index (χ0) is 24.1. The van der Waals surface area contributed by atoms with E-state index >= 15 is 0 Å². The highest BCUT2D eigenvalue weighted by molar-refractivity contribution is 6.05. The number of furan rings is 1. The molecule has 2 aromatic carbocycles. The normalized spacial score (nSPS) is 14.6. The summed E-state index contributed by atoms with van der Waals surface area (Å²) in [5, 5.41) is 14.1. The fourth-order valence-corrected chi connectivity index (χ4v) is 3.88. The van der Waals surface area contributed by atoms with Crippen molar-refractivity contribution >= 4 is 23.6 Å². The molecule has 34 heavy (non-hydrogen) atoms. The van der Waals surface area contributed by atoms with Crippen molar-refractivity contribution in [3.63, 3.8) is 0 Å². The van der Waals surface area contributed by atoms with Crippen LogP contribution in [0.25, 0.3) is 17.4 Å². The first kappa shape index (κ1) is 23.0. The monoisotopic (exact) mass is 459 g/mol. The van der Waals surface area contributed by atoms with Crippen LogP contribution in [0.15, 0.2) is 76.8 Å². The standard InChI is InChI=1S/C26H25N3O5/c1-18-13-15-28(16-14-18)26(31)22(27-25(30)19-7-3-2-4-8-19)17-20-11-12-24(34-20)21-9-5-6-10-23(21)29(32)33/h2-12,17-18H,13-16H2,1H3,(H,27,30)/b22-17-. The summed E-state index contributed by atoms with van der Waals surface area (Å²) in [5.41, 5.74) is 0.766. The molecular formula is C26H25N3O5. The average molecular weight is 460 g/mol. The Morgan fingerprint density at radius 3 is 2.41 bits per heavy atom. The quantitative estimate of drug-likeness (QED) is 0.321. The summed E-state index contributed by atoms with van der Waals surface area (Å²) in [6.45, 7) is 3.37. The Morgan fingerprint density at radius 1 is 1.03 bits per heavy atom. The Morgan fingerprint density at radius 2 is 1.71 bits per heavy atom. The summed E-state index contributed by atoms with van der Waals surface area (Å²) in [6, 6.07) is 18.1. The molecule has 0 atom stereocenters. The van der Waals surface area contributed by atoms with Gasteiger partial charge in [0.2, 0.25) is 0 Å². The van der Waals surface area contributed by atoms with Gasteiger partial charge < -0.3 is 14.6 Å². The molecule has 0 unspecified atom stereocenters. The zero-order valence-corrected chi connectivity index (χ0v) is 18.8. The lowest BCUT2D eigenvalue weighted by molar-refractivity contribution is -0.384. The van der Waals surface area contributed by atoms with Gasteiger partial charge in [0.15, 0.2) is 0 Å². The number of nitro groups is 1. The Hall–Kier alpha value is -4.20. The second-order valence-corrected chi connectivity index (χ2v) is 8.33. The topological polar surface area (TPSA) is 106 Å². The molecule has 1 N–H and O–H groups in total. The summed E-state index contributed by atoms with van der Waals surface area (Å²) in [4.78, 5) is 38.7. The summed E-state index contributed by atoms with van der Waals surface area (Å²) in [6.07, 6.45) is 3.27. The van der Waals surface area contributed by atoms with E-state index in [9.17, 15) is 19.7 Å². The minimum Gasteiger partial charge on any atom is -0.456 e. The third-order valence-corrected chi connectivity index (χ3v) is 5.87. The Balaban J connectivity index is 1.65. The molecule has 8 nitrogen and oxygen atoms in total. The summed E-state index contributed by atoms with van der Waals surface area (Å²) in [5.74, 6) is 0.447. The number of carbonyl (C=O) groups is 2. The van der Waals surface area contributed by atoms with Crippen molar-refractivity contribution in [2.75, 3.05) is 13.1 Å². The van der Waals surface area contributed by atoms with Gasteiger partial charge in [-0.05, 0) is 49.1 Å². The Labute approximate surface area is 197 Å². The van der Waals surface area contributed by atoms with E-state index in [1.165, 1.54) is 12.1 Å². The van der Waals surface area contributed by atoms with Crippen LogP contribution in [0.2, 0.25) is 0 Å². The van der Waals surface area contributed by atoms with Crippen molar-refractivity contribution in [3.05, 3.63) is 93.9 Å². The third kappa shape index (κ3) is 5.23. The molecule has 0 bridgehead atoms. The molecule has 0 aliphatic carbocycles. The van der Waals surface area contributed by atoms with Crippen LogP contribution in [0, 0.1) is 16.0 Å². The largest absolute Gasteiger partial charge is 0.456 e. The van der Waals surface area contributed by atoms with E-state index in [2.05, 4.69) is 12.2 Å². The summed E-state index contributed by atoms with van der Waals surface area (Å²) >= 11 is 0. The van der Waals surface area contributed by atoms with Crippen LogP contribution in [0.3, 0.4) is 0 Å². The molecule has 0 radical (unpaired) electrons. The molecule has 174 valence electrons. The number of carbonyl (C=O) groups excluding carboxylic acids is 2. The predicted molar refractivity (Wildman–Crippen MR) is 128 cm³/mol. The van der Waals surface area contributed by atoms with Crippen molar-refractivity contribution in [2.45, 2.75) is 19.8 Å². The van der Waals surface area contributed by atoms with E-state index in [4.69, 9.17) is 4.42 Å². The fraction of sp³-hybridized carbons (Fsp3) is 0.231. The van der Waals surface area contributed by atoms with Crippen molar-refractivity contribution in [1.29, 1.82) is 0 Å². The van der Waals surface area contributed by atoms with E-state index in [-0.39, 0.29) is 17.3 Å². The van der Waals surface area contributed by atoms with E-state index in [1.807, 2.05) is 0 Å². The van der Waals surface area contributed by atoms with Gasteiger partial charge in [-0.2, -0.15) is 0 Å². The molecule has 4 rings (SSSR count). The van der Waals surface area contributed by atoms with E-state index in [0.717, 1.165) is 12.8 Å². The number of nitro benzene ring substituents is 1. The van der Waals surface area contributed by atoms with Gasteiger partial charge in [-0.25, -0.2) is 0 Å². The van der Waals surface area contributed by atoms with Gasteiger partial charge in [0.25, 0.3) is 17.5 Å². The van der Waals surface area contributed by atoms with Crippen molar-refractivity contribution < 1.29 is 18.9 Å². The van der Waals surface area contributed by atoms with Crippen molar-refractivity contribution in [2.24, 2.45) is 5.92 Å². The molecule has 1 saturated heterocycles. The van der Waals surface area contributed by atoms with Gasteiger partial charge in [-0.1, -0.05) is 37.3 Å². The average Bonchev–Trinajstić information content (AvgIpc) is 3.32. The highest BCUT2D eigenvalue weighted by Gasteiger charge is 2.25. The number of amides is 2. The highest BCUT2D eigenvalue weighted by Crippen LogP contribution is 2.31. The summed E-state index contributed by atoms with van der Waals surface area (Å²) in [7, 11) is 0. The van der Waals surface area contributed by atoms with Crippen molar-refractivity contribution in [3.8, 4) is 11.3 Å². The molecule has 1 aliphatic heterocycles. The molecule has 0 saturated carbocycles. The first-order chi connectivity index (χ1) is 16.4. The molecule has 1 aliphatic rings. The lowest BCUT2D eigenvalue weighted by Crippen LogP contribution is -2.42. The molecule has 1 aromatic heterocycles. The number of nitrogens with one attached hydrogen (secondary N) is 1. The SMILES string of the molecule is CC1CCN(C(=O)/C(=C/c2ccc(-c3ccccc3[N+](=O)[O-])o2)NC(=O)c2ccccc2)CC1. The van der Waals surface area contributed by atoms with Crippen LogP contribution in [0.1, 0.15) is 35.9 Å². The number of hydrogen-bond donors (Lipinski definition) is 1. The molecule has 2 amide bonds. The van der Waals surface area contributed by atoms with E-state index < -0.39 is 10.8 Å². The van der Waals surface area contributed by atoms with Gasteiger partial charge in [0.05, 0.1) is 10.5 Å². The molecule has 2 heterocycles. The first-order valence-electron chi connectivity index (χ1n) is 11.1. The van der Waals surface area contributed by atoms with E-state index in [0.29, 0.717) is 41.7 Å². The van der Waals surface area contributed by atoms with Crippen molar-refractivity contribution in [1.82, 2.24) is 10.2 Å². The van der Waals surface area contributed by atoms with Gasteiger partial charge >= 0.3 is 0 Å². The Bertz CT molecular complexity index is 1220. The minimum atomic E-state index is -0.472. The summed E-state index contributed by atoms with van der Waals surface area (Å²) < 4.78 is 5.83. The number of nitrogens with zero attached hydrogens (tertiary/aromatic N) is 2. The van der Waals surface area contributed by atoms with Crippen LogP contribution in [-0.4, -0.2) is 34.7 Å². The number of piperidine rings is 1. The van der Waals surface area contributed by atoms with Gasteiger partial charge in [0.1, 0.15) is 17.2 Å². The third-order valence-electron chi connectivity index (χ3n) is 5.87. The van der Waals surface area contributed by atoms with E-state index in [1.54, 1.807) is 65.6 Å². The molecular weight excluding hydrogens is 434 g/mol. The maximum absolute atomic E-state index is 13.3. The highest BCUT2D eigenvalue weighted by atomic mass is 16.6. The minimum absolute atomic E-state index is 0.0801. The number of likely N-dealkylation sites (tertiary alicyclic amines) is 1. The first-order valence-corrected chi connectivity index (χ1v) is 11.1. The molecule has 1 fully saturated rings. The number of hydrogen-bond acceptors (Lipinski definition) is 5. The second-order valence-electron chi connectivity index (χ2n) is 8.33. The van der Waals surface area contributed by atoms with Gasteiger partial charge in [0, 0.05) is 30.8 Å². The smallest absolute Gasteiger partial charge is 0.280 e. The fourth-order valence-electron chi connectivity index (χ4n) is 3.88. The van der Waals surface area contributed by atoms with Crippen LogP contribution in [0.4, 0.5) is 5.69 Å². The Kier molecular flexibility index (Phi) is 6.87. The van der Waals surface area contributed by atoms with Crippen LogP contribution >= 0.6 is 0 Å². The number of benzene rings is 2. The lowest BCUT2D eigenvalue weighted by Gasteiger charge is -2.31. The second kappa shape index (κ2) is 10.2. The van der Waals surface area contributed by atoms with Crippen LogP contribution < -0.4 is 5.32 Å². The van der Waals surface area contributed by atoms with Crippen LogP contribution in [-0.2, 0) is 4.79 Å². The zero-order valence-electron chi connectivity index (χ0n) is 18.8. The van der Waals surface area contributed by atoms with Gasteiger partial charge in [-0.3, -0.25) is 19.7 Å². The predicted octanol–water partition coefficient (Wildman–Crippen LogP) is 4.88. The lowest BCUT2D eigenvalue weighted by atomic mass is 9.99. The molecule has 3 aromatic rings. The van der Waals surface area contributed by atoms with Crippen LogP contribution in [0.5, 0.6) is 0 Å². The maximum atomic E-state index is 13.3.